The molecule has 17 heavy (non-hydrogen) atoms. The maximum Gasteiger partial charge on any atom is 0.276 e. The third-order valence-electron chi connectivity index (χ3n) is 2.55. The van der Waals surface area contributed by atoms with Crippen LogP contribution in [0.15, 0.2) is 10.6 Å². The highest BCUT2D eigenvalue weighted by atomic mass is 16.5. The van der Waals surface area contributed by atoms with Gasteiger partial charge in [-0.1, -0.05) is 12.1 Å². The third kappa shape index (κ3) is 2.21. The van der Waals surface area contributed by atoms with Crippen LogP contribution in [0, 0.1) is 6.92 Å². The molecule has 0 saturated heterocycles. The Kier molecular flexibility index (Phi) is 3.23. The summed E-state index contributed by atoms with van der Waals surface area (Å²) >= 11 is 0. The highest BCUT2D eigenvalue weighted by molar-refractivity contribution is 5.47. The minimum Gasteiger partial charge on any atom is -0.385 e. The van der Waals surface area contributed by atoms with E-state index in [4.69, 9.17) is 4.52 Å². The summed E-state index contributed by atoms with van der Waals surface area (Å²) in [6.45, 7) is 6.50. The number of aryl methyl sites for hydroxylation is 2. The van der Waals surface area contributed by atoms with E-state index in [1.165, 1.54) is 0 Å². The van der Waals surface area contributed by atoms with E-state index in [2.05, 4.69) is 15.2 Å². The lowest BCUT2D eigenvalue weighted by Gasteiger charge is -1.99. The van der Waals surface area contributed by atoms with Crippen molar-refractivity contribution in [2.24, 2.45) is 0 Å². The van der Waals surface area contributed by atoms with Crippen molar-refractivity contribution in [2.45, 2.75) is 39.8 Å². The molecular formula is C11H16N4O2. The third-order valence-corrected chi connectivity index (χ3v) is 2.55. The van der Waals surface area contributed by atoms with Crippen molar-refractivity contribution in [3.05, 3.63) is 17.6 Å². The van der Waals surface area contributed by atoms with Crippen molar-refractivity contribution < 1.29 is 9.63 Å². The molecule has 6 nitrogen and oxygen atoms in total. The van der Waals surface area contributed by atoms with Crippen molar-refractivity contribution in [3.8, 4) is 11.6 Å². The van der Waals surface area contributed by atoms with Crippen LogP contribution < -0.4 is 0 Å². The minimum absolute atomic E-state index is 0.323. The fourth-order valence-corrected chi connectivity index (χ4v) is 1.62. The highest BCUT2D eigenvalue weighted by Gasteiger charge is 2.17. The average molecular weight is 236 g/mol. The second-order valence-corrected chi connectivity index (χ2v) is 3.87. The highest BCUT2D eigenvalue weighted by Crippen LogP contribution is 2.21. The predicted molar refractivity (Wildman–Crippen MR) is 61.2 cm³/mol. The Bertz CT molecular complexity index is 503. The van der Waals surface area contributed by atoms with Gasteiger partial charge in [0, 0.05) is 6.54 Å². The summed E-state index contributed by atoms with van der Waals surface area (Å²) in [6, 6.07) is 1.89. The van der Waals surface area contributed by atoms with Gasteiger partial charge in [-0.25, -0.2) is 0 Å². The number of rotatable bonds is 4. The van der Waals surface area contributed by atoms with Crippen molar-refractivity contribution >= 4 is 0 Å². The van der Waals surface area contributed by atoms with Gasteiger partial charge in [0.2, 0.25) is 5.82 Å². The minimum atomic E-state index is -0.674. The maximum atomic E-state index is 9.61. The van der Waals surface area contributed by atoms with Gasteiger partial charge in [0.15, 0.2) is 0 Å². The molecule has 0 saturated carbocycles. The van der Waals surface area contributed by atoms with E-state index < -0.39 is 6.10 Å². The largest absolute Gasteiger partial charge is 0.385 e. The monoisotopic (exact) mass is 236 g/mol. The summed E-state index contributed by atoms with van der Waals surface area (Å²) in [5, 5.41) is 17.7. The van der Waals surface area contributed by atoms with Crippen molar-refractivity contribution in [2.75, 3.05) is 0 Å². The van der Waals surface area contributed by atoms with Crippen molar-refractivity contribution in [3.63, 3.8) is 0 Å². The number of nitrogens with zero attached hydrogens (tertiary/aromatic N) is 4. The van der Waals surface area contributed by atoms with E-state index in [9.17, 15) is 5.11 Å². The smallest absolute Gasteiger partial charge is 0.276 e. The number of aromatic nitrogens is 4. The lowest BCUT2D eigenvalue weighted by molar-refractivity contribution is 0.159. The van der Waals surface area contributed by atoms with Gasteiger partial charge in [0.25, 0.3) is 5.89 Å². The summed E-state index contributed by atoms with van der Waals surface area (Å²) in [5.74, 6) is 0.721. The Hall–Kier alpha value is -1.69. The fourth-order valence-electron chi connectivity index (χ4n) is 1.62. The molecule has 1 unspecified atom stereocenters. The van der Waals surface area contributed by atoms with Crippen molar-refractivity contribution in [1.82, 2.24) is 19.9 Å². The van der Waals surface area contributed by atoms with E-state index >= 15 is 0 Å². The lowest BCUT2D eigenvalue weighted by atomic mass is 10.3. The van der Waals surface area contributed by atoms with Crippen LogP contribution in [0.1, 0.15) is 37.9 Å². The van der Waals surface area contributed by atoms with Gasteiger partial charge < -0.3 is 9.63 Å². The number of aliphatic hydroxyl groups excluding tert-OH is 1. The summed E-state index contributed by atoms with van der Waals surface area (Å²) < 4.78 is 6.94. The van der Waals surface area contributed by atoms with Crippen LogP contribution in [-0.2, 0) is 6.54 Å². The molecule has 2 aromatic heterocycles. The van der Waals surface area contributed by atoms with Crippen LogP contribution >= 0.6 is 0 Å². The second kappa shape index (κ2) is 4.67. The number of aliphatic hydroxyl groups is 1. The molecule has 2 aromatic rings. The summed E-state index contributed by atoms with van der Waals surface area (Å²) in [6.07, 6.45) is -0.114. The van der Waals surface area contributed by atoms with Crippen molar-refractivity contribution in [1.29, 1.82) is 0 Å². The second-order valence-electron chi connectivity index (χ2n) is 3.87. The molecule has 0 radical (unpaired) electrons. The van der Waals surface area contributed by atoms with E-state index in [1.807, 2.05) is 26.8 Å². The molecule has 0 aromatic carbocycles. The first-order chi connectivity index (χ1) is 8.15. The molecule has 0 bridgehead atoms. The average Bonchev–Trinajstić information content (AvgIpc) is 2.93. The van der Waals surface area contributed by atoms with E-state index in [1.54, 1.807) is 4.68 Å². The predicted octanol–water partition coefficient (Wildman–Crippen LogP) is 1.70. The molecule has 0 aliphatic heterocycles. The number of hydrogen-bond donors (Lipinski definition) is 1. The van der Waals surface area contributed by atoms with Gasteiger partial charge in [0.1, 0.15) is 11.8 Å². The molecule has 0 aliphatic rings. The first-order valence-electron chi connectivity index (χ1n) is 5.72. The van der Waals surface area contributed by atoms with Crippen LogP contribution in [0.2, 0.25) is 0 Å². The maximum absolute atomic E-state index is 9.61. The molecule has 0 fully saturated rings. The first kappa shape index (κ1) is 11.8. The van der Waals surface area contributed by atoms with Crippen LogP contribution in [0.5, 0.6) is 0 Å². The zero-order valence-electron chi connectivity index (χ0n) is 10.2. The molecule has 0 spiro atoms. The summed E-state index contributed by atoms with van der Waals surface area (Å²) in [4.78, 5) is 4.18. The molecule has 6 heteroatoms. The van der Waals surface area contributed by atoms with Crippen LogP contribution in [0.25, 0.3) is 11.6 Å². The number of hydrogen-bond acceptors (Lipinski definition) is 5. The zero-order valence-corrected chi connectivity index (χ0v) is 10.2. The zero-order chi connectivity index (χ0) is 12.4. The fraction of sp³-hybridized carbons (Fsp3) is 0.545. The SMILES string of the molecule is CCC(O)c1noc(-c2cc(C)nn2CC)n1. The Morgan fingerprint density at radius 2 is 2.24 bits per heavy atom. The topological polar surface area (TPSA) is 77.0 Å². The van der Waals surface area contributed by atoms with E-state index in [0.717, 1.165) is 17.9 Å². The van der Waals surface area contributed by atoms with Gasteiger partial charge in [-0.05, 0) is 26.3 Å². The van der Waals surface area contributed by atoms with Crippen LogP contribution in [0.3, 0.4) is 0 Å². The Morgan fingerprint density at radius 3 is 2.88 bits per heavy atom. The molecule has 1 atom stereocenters. The molecule has 92 valence electrons. The summed E-state index contributed by atoms with van der Waals surface area (Å²) in [5.41, 5.74) is 1.68. The first-order valence-corrected chi connectivity index (χ1v) is 5.72. The van der Waals surface area contributed by atoms with Gasteiger partial charge in [0.05, 0.1) is 5.69 Å². The Morgan fingerprint density at radius 1 is 1.47 bits per heavy atom. The van der Waals surface area contributed by atoms with Gasteiger partial charge in [-0.2, -0.15) is 10.1 Å². The van der Waals surface area contributed by atoms with Gasteiger partial charge in [-0.15, -0.1) is 0 Å². The molecule has 1 N–H and O–H groups in total. The Balaban J connectivity index is 2.36. The van der Waals surface area contributed by atoms with Crippen LogP contribution in [-0.4, -0.2) is 25.0 Å². The molecule has 0 amide bonds. The van der Waals surface area contributed by atoms with E-state index in [-0.39, 0.29) is 0 Å². The normalized spacial score (nSPS) is 12.9. The van der Waals surface area contributed by atoms with Gasteiger partial charge >= 0.3 is 0 Å². The molecular weight excluding hydrogens is 220 g/mol. The quantitative estimate of drug-likeness (QED) is 0.874. The molecule has 2 rings (SSSR count). The van der Waals surface area contributed by atoms with E-state index in [0.29, 0.717) is 18.1 Å². The summed E-state index contributed by atoms with van der Waals surface area (Å²) in [7, 11) is 0. The van der Waals surface area contributed by atoms with Gasteiger partial charge in [-0.3, -0.25) is 4.68 Å². The van der Waals surface area contributed by atoms with Crippen LogP contribution in [0.4, 0.5) is 0 Å². The standard InChI is InChI=1S/C11H16N4O2/c1-4-9(16)10-12-11(17-14-10)8-6-7(3)13-15(8)5-2/h6,9,16H,4-5H2,1-3H3. The molecule has 0 aliphatic carbocycles. The lowest BCUT2D eigenvalue weighted by Crippen LogP contribution is -2.00. The Labute approximate surface area is 99.3 Å². The molecule has 2 heterocycles.